The van der Waals surface area contributed by atoms with Crippen molar-refractivity contribution in [2.45, 2.75) is 19.6 Å². The molecule has 2 aromatic rings. The van der Waals surface area contributed by atoms with E-state index in [0.29, 0.717) is 6.54 Å². The molecule has 0 bridgehead atoms. The summed E-state index contributed by atoms with van der Waals surface area (Å²) >= 11 is 0. The maximum absolute atomic E-state index is 9.26. The SMILES string of the molecule is CC(O)Cn1ccc2ccccc21.Cl. The molecular weight excluding hydrogens is 198 g/mol. The Morgan fingerprint density at radius 2 is 2.00 bits per heavy atom. The fourth-order valence-corrected chi connectivity index (χ4v) is 1.58. The number of hydrogen-bond donors (Lipinski definition) is 1. The number of benzene rings is 1. The first-order chi connectivity index (χ1) is 6.27. The Hall–Kier alpha value is -0.990. The Morgan fingerprint density at radius 3 is 2.71 bits per heavy atom. The van der Waals surface area contributed by atoms with Gasteiger partial charge in [-0.1, -0.05) is 18.2 Å². The molecule has 0 aliphatic rings. The van der Waals surface area contributed by atoms with Crippen LogP contribution < -0.4 is 0 Å². The van der Waals surface area contributed by atoms with Gasteiger partial charge in [-0.3, -0.25) is 0 Å². The average molecular weight is 212 g/mol. The Balaban J connectivity index is 0.000000980. The zero-order valence-electron chi connectivity index (χ0n) is 8.05. The van der Waals surface area contributed by atoms with Crippen LogP contribution in [-0.4, -0.2) is 15.8 Å². The van der Waals surface area contributed by atoms with Crippen LogP contribution in [0.5, 0.6) is 0 Å². The summed E-state index contributed by atoms with van der Waals surface area (Å²) in [5.41, 5.74) is 1.18. The minimum Gasteiger partial charge on any atom is -0.392 e. The summed E-state index contributed by atoms with van der Waals surface area (Å²) in [6, 6.07) is 10.2. The van der Waals surface area contributed by atoms with Crippen LogP contribution in [0.1, 0.15) is 6.92 Å². The largest absolute Gasteiger partial charge is 0.392 e. The molecule has 1 aromatic carbocycles. The van der Waals surface area contributed by atoms with Crippen LogP contribution in [0.2, 0.25) is 0 Å². The van der Waals surface area contributed by atoms with Crippen molar-refractivity contribution in [1.29, 1.82) is 0 Å². The molecule has 0 spiro atoms. The van der Waals surface area contributed by atoms with Gasteiger partial charge in [-0.25, -0.2) is 0 Å². The lowest BCUT2D eigenvalue weighted by molar-refractivity contribution is 0.175. The summed E-state index contributed by atoms with van der Waals surface area (Å²) in [5.74, 6) is 0. The molecule has 0 aliphatic carbocycles. The third kappa shape index (κ3) is 2.08. The van der Waals surface area contributed by atoms with E-state index in [9.17, 15) is 5.11 Å². The van der Waals surface area contributed by atoms with Crippen LogP contribution in [0, 0.1) is 0 Å². The monoisotopic (exact) mass is 211 g/mol. The first kappa shape index (κ1) is 11.1. The number of halogens is 1. The summed E-state index contributed by atoms with van der Waals surface area (Å²) in [6.07, 6.45) is 1.72. The van der Waals surface area contributed by atoms with Gasteiger partial charge in [-0.15, -0.1) is 12.4 Å². The molecule has 3 heteroatoms. The van der Waals surface area contributed by atoms with Gasteiger partial charge in [0, 0.05) is 18.3 Å². The van der Waals surface area contributed by atoms with Crippen molar-refractivity contribution in [2.75, 3.05) is 0 Å². The first-order valence-electron chi connectivity index (χ1n) is 4.49. The number of hydrogen-bond acceptors (Lipinski definition) is 1. The quantitative estimate of drug-likeness (QED) is 0.811. The number of fused-ring (bicyclic) bond motifs is 1. The van der Waals surface area contributed by atoms with Crippen LogP contribution in [0.15, 0.2) is 36.5 Å². The predicted octanol–water partition coefficient (Wildman–Crippen LogP) is 2.44. The smallest absolute Gasteiger partial charge is 0.0691 e. The van der Waals surface area contributed by atoms with Crippen LogP contribution in [0.25, 0.3) is 10.9 Å². The fraction of sp³-hybridized carbons (Fsp3) is 0.273. The summed E-state index contributed by atoms with van der Waals surface area (Å²) < 4.78 is 2.07. The van der Waals surface area contributed by atoms with E-state index in [1.165, 1.54) is 10.9 Å². The van der Waals surface area contributed by atoms with Crippen LogP contribution in [-0.2, 0) is 6.54 Å². The third-order valence-electron chi connectivity index (χ3n) is 2.14. The minimum atomic E-state index is -0.296. The third-order valence-corrected chi connectivity index (χ3v) is 2.14. The highest BCUT2D eigenvalue weighted by Gasteiger charge is 2.01. The van der Waals surface area contributed by atoms with E-state index >= 15 is 0 Å². The Morgan fingerprint density at radius 1 is 1.29 bits per heavy atom. The highest BCUT2D eigenvalue weighted by atomic mass is 35.5. The van der Waals surface area contributed by atoms with E-state index in [-0.39, 0.29) is 18.5 Å². The van der Waals surface area contributed by atoms with Crippen molar-refractivity contribution in [2.24, 2.45) is 0 Å². The van der Waals surface area contributed by atoms with Gasteiger partial charge in [-0.2, -0.15) is 0 Å². The summed E-state index contributed by atoms with van der Waals surface area (Å²) in [5, 5.41) is 10.5. The lowest BCUT2D eigenvalue weighted by atomic mass is 10.2. The highest BCUT2D eigenvalue weighted by molar-refractivity contribution is 5.85. The average Bonchev–Trinajstić information content (AvgIpc) is 2.48. The van der Waals surface area contributed by atoms with Gasteiger partial charge in [0.15, 0.2) is 0 Å². The molecule has 1 aromatic heterocycles. The van der Waals surface area contributed by atoms with E-state index < -0.39 is 0 Å². The minimum absolute atomic E-state index is 0. The van der Waals surface area contributed by atoms with Crippen molar-refractivity contribution in [1.82, 2.24) is 4.57 Å². The van der Waals surface area contributed by atoms with Gasteiger partial charge < -0.3 is 9.67 Å². The molecule has 1 unspecified atom stereocenters. The van der Waals surface area contributed by atoms with Crippen LogP contribution in [0.4, 0.5) is 0 Å². The summed E-state index contributed by atoms with van der Waals surface area (Å²) in [7, 11) is 0. The lowest BCUT2D eigenvalue weighted by Crippen LogP contribution is -2.10. The van der Waals surface area contributed by atoms with E-state index in [2.05, 4.69) is 22.8 Å². The molecule has 1 atom stereocenters. The Labute approximate surface area is 89.6 Å². The van der Waals surface area contributed by atoms with E-state index in [4.69, 9.17) is 0 Å². The van der Waals surface area contributed by atoms with Crippen molar-refractivity contribution < 1.29 is 5.11 Å². The van der Waals surface area contributed by atoms with Crippen LogP contribution >= 0.6 is 12.4 Å². The molecule has 2 rings (SSSR count). The second-order valence-corrected chi connectivity index (χ2v) is 3.38. The molecule has 1 N–H and O–H groups in total. The second-order valence-electron chi connectivity index (χ2n) is 3.38. The normalized spacial score (nSPS) is 12.4. The molecule has 0 saturated carbocycles. The maximum Gasteiger partial charge on any atom is 0.0691 e. The second kappa shape index (κ2) is 4.49. The number of para-hydroxylation sites is 1. The molecule has 0 amide bonds. The summed E-state index contributed by atoms with van der Waals surface area (Å²) in [6.45, 7) is 2.46. The standard InChI is InChI=1S/C11H13NO.ClH/c1-9(13)8-12-7-6-10-4-2-3-5-11(10)12;/h2-7,9,13H,8H2,1H3;1H. The van der Waals surface area contributed by atoms with Crippen molar-refractivity contribution in [3.8, 4) is 0 Å². The Kier molecular flexibility index (Phi) is 3.55. The van der Waals surface area contributed by atoms with Gasteiger partial charge >= 0.3 is 0 Å². The number of aliphatic hydroxyl groups is 1. The molecule has 76 valence electrons. The van der Waals surface area contributed by atoms with Crippen LogP contribution in [0.3, 0.4) is 0 Å². The molecule has 0 radical (unpaired) electrons. The van der Waals surface area contributed by atoms with Crippen molar-refractivity contribution in [3.63, 3.8) is 0 Å². The zero-order chi connectivity index (χ0) is 9.26. The van der Waals surface area contributed by atoms with E-state index in [0.717, 1.165) is 0 Å². The zero-order valence-corrected chi connectivity index (χ0v) is 8.87. The molecule has 0 aliphatic heterocycles. The van der Waals surface area contributed by atoms with Gasteiger partial charge in [0.1, 0.15) is 0 Å². The molecular formula is C11H14ClNO. The molecule has 14 heavy (non-hydrogen) atoms. The van der Waals surface area contributed by atoms with Crippen molar-refractivity contribution >= 4 is 23.3 Å². The number of nitrogens with zero attached hydrogens (tertiary/aromatic N) is 1. The van der Waals surface area contributed by atoms with Gasteiger partial charge in [-0.05, 0) is 24.4 Å². The maximum atomic E-state index is 9.26. The number of rotatable bonds is 2. The van der Waals surface area contributed by atoms with Gasteiger partial charge in [0.05, 0.1) is 6.10 Å². The Bertz CT molecular complexity index is 408. The fourth-order valence-electron chi connectivity index (χ4n) is 1.58. The first-order valence-corrected chi connectivity index (χ1v) is 4.49. The van der Waals surface area contributed by atoms with Gasteiger partial charge in [0.25, 0.3) is 0 Å². The number of aliphatic hydroxyl groups excluding tert-OH is 1. The molecule has 0 saturated heterocycles. The molecule has 2 nitrogen and oxygen atoms in total. The topological polar surface area (TPSA) is 25.2 Å². The molecule has 1 heterocycles. The van der Waals surface area contributed by atoms with E-state index in [1.54, 1.807) is 6.92 Å². The summed E-state index contributed by atoms with van der Waals surface area (Å²) in [4.78, 5) is 0. The lowest BCUT2D eigenvalue weighted by Gasteiger charge is -2.06. The van der Waals surface area contributed by atoms with E-state index in [1.807, 2.05) is 18.3 Å². The predicted molar refractivity (Wildman–Crippen MR) is 60.9 cm³/mol. The number of aromatic nitrogens is 1. The van der Waals surface area contributed by atoms with Crippen molar-refractivity contribution in [3.05, 3.63) is 36.5 Å². The van der Waals surface area contributed by atoms with Gasteiger partial charge in [0.2, 0.25) is 0 Å². The molecule has 0 fully saturated rings. The highest BCUT2D eigenvalue weighted by Crippen LogP contribution is 2.15.